The molecule has 1 heterocycles. The van der Waals surface area contributed by atoms with Crippen LogP contribution >= 0.6 is 11.6 Å². The van der Waals surface area contributed by atoms with E-state index in [0.29, 0.717) is 17.6 Å². The van der Waals surface area contributed by atoms with Gasteiger partial charge >= 0.3 is 0 Å². The van der Waals surface area contributed by atoms with Crippen LogP contribution in [0.25, 0.3) is 0 Å². The van der Waals surface area contributed by atoms with Crippen molar-refractivity contribution in [3.63, 3.8) is 0 Å². The molecule has 21 heavy (non-hydrogen) atoms. The summed E-state index contributed by atoms with van der Waals surface area (Å²) in [5.41, 5.74) is 1.36. The van der Waals surface area contributed by atoms with Crippen molar-refractivity contribution in [1.82, 2.24) is 15.1 Å². The zero-order valence-electron chi connectivity index (χ0n) is 12.1. The molecule has 0 bridgehead atoms. The minimum Gasteiger partial charge on any atom is -0.394 e. The van der Waals surface area contributed by atoms with Gasteiger partial charge in [0.25, 0.3) is 0 Å². The maximum atomic E-state index is 10.1. The third-order valence-corrected chi connectivity index (χ3v) is 4.34. The van der Waals surface area contributed by atoms with Crippen molar-refractivity contribution in [1.29, 1.82) is 0 Å². The first-order valence-electron chi connectivity index (χ1n) is 7.26. The van der Waals surface area contributed by atoms with Crippen molar-refractivity contribution >= 4 is 11.6 Å². The summed E-state index contributed by atoms with van der Waals surface area (Å²) in [6.45, 7) is 2.46. The van der Waals surface area contributed by atoms with E-state index in [4.69, 9.17) is 11.6 Å². The summed E-state index contributed by atoms with van der Waals surface area (Å²) < 4.78 is 1.82. The fourth-order valence-electron chi connectivity index (χ4n) is 2.63. The normalized spacial score (nSPS) is 17.7. The van der Waals surface area contributed by atoms with Gasteiger partial charge in [0.05, 0.1) is 29.4 Å². The summed E-state index contributed by atoms with van der Waals surface area (Å²) in [5, 5.41) is 18.8. The standard InChI is InChI=1S/C16H20ClN3O/c1-12-15(17)9-20(19-12)10-16(11-21,18-14-7-8-14)13-5-3-2-4-6-13/h2-6,9,14,18,21H,7-8,10-11H2,1H3. The third kappa shape index (κ3) is 3.12. The highest BCUT2D eigenvalue weighted by atomic mass is 35.5. The summed E-state index contributed by atoms with van der Waals surface area (Å²) in [7, 11) is 0. The number of nitrogens with zero attached hydrogens (tertiary/aromatic N) is 2. The molecule has 4 nitrogen and oxygen atoms in total. The Morgan fingerprint density at radius 1 is 1.38 bits per heavy atom. The van der Waals surface area contributed by atoms with Crippen LogP contribution in [0.15, 0.2) is 36.5 Å². The van der Waals surface area contributed by atoms with Crippen molar-refractivity contribution in [3.8, 4) is 0 Å². The summed E-state index contributed by atoms with van der Waals surface area (Å²) in [6, 6.07) is 10.5. The van der Waals surface area contributed by atoms with Crippen LogP contribution in [0.5, 0.6) is 0 Å². The second-order valence-corrected chi connectivity index (χ2v) is 6.19. The van der Waals surface area contributed by atoms with Crippen LogP contribution in [0.3, 0.4) is 0 Å². The molecule has 1 saturated carbocycles. The molecule has 1 fully saturated rings. The third-order valence-electron chi connectivity index (χ3n) is 3.97. The molecule has 0 saturated heterocycles. The lowest BCUT2D eigenvalue weighted by atomic mass is 9.90. The Balaban J connectivity index is 1.94. The average Bonchev–Trinajstić information content (AvgIpc) is 3.25. The van der Waals surface area contributed by atoms with Gasteiger partial charge in [-0.05, 0) is 25.3 Å². The van der Waals surface area contributed by atoms with Crippen molar-refractivity contribution < 1.29 is 5.11 Å². The van der Waals surface area contributed by atoms with E-state index in [-0.39, 0.29) is 6.61 Å². The largest absolute Gasteiger partial charge is 0.394 e. The highest BCUT2D eigenvalue weighted by molar-refractivity contribution is 6.31. The summed E-state index contributed by atoms with van der Waals surface area (Å²) in [5.74, 6) is 0. The van der Waals surface area contributed by atoms with Gasteiger partial charge in [-0.1, -0.05) is 41.9 Å². The van der Waals surface area contributed by atoms with E-state index in [1.807, 2.05) is 48.1 Å². The molecule has 3 rings (SSSR count). The minimum absolute atomic E-state index is 0.0179. The van der Waals surface area contributed by atoms with E-state index in [1.165, 1.54) is 0 Å². The second kappa shape index (κ2) is 5.79. The molecule has 1 aliphatic rings. The number of aromatic nitrogens is 2. The number of aliphatic hydroxyl groups excluding tert-OH is 1. The molecule has 2 N–H and O–H groups in total. The molecule has 0 amide bonds. The van der Waals surface area contributed by atoms with Crippen LogP contribution in [0.1, 0.15) is 24.1 Å². The lowest BCUT2D eigenvalue weighted by Gasteiger charge is -2.34. The lowest BCUT2D eigenvalue weighted by Crippen LogP contribution is -2.50. The van der Waals surface area contributed by atoms with Crippen LogP contribution in [-0.4, -0.2) is 27.5 Å². The Morgan fingerprint density at radius 3 is 2.62 bits per heavy atom. The summed E-state index contributed by atoms with van der Waals surface area (Å²) in [6.07, 6.45) is 4.14. The van der Waals surface area contributed by atoms with Crippen LogP contribution in [0.4, 0.5) is 0 Å². The molecule has 1 unspecified atom stereocenters. The number of aliphatic hydroxyl groups is 1. The molecule has 112 valence electrons. The van der Waals surface area contributed by atoms with Gasteiger partial charge in [-0.3, -0.25) is 4.68 Å². The number of aryl methyl sites for hydroxylation is 1. The molecule has 0 spiro atoms. The first-order chi connectivity index (χ1) is 10.1. The van der Waals surface area contributed by atoms with Crippen molar-refractivity contribution in [2.45, 2.75) is 37.9 Å². The molecular weight excluding hydrogens is 286 g/mol. The number of halogens is 1. The summed E-state index contributed by atoms with van der Waals surface area (Å²) >= 11 is 6.10. The van der Waals surface area contributed by atoms with Crippen molar-refractivity contribution in [2.75, 3.05) is 6.61 Å². The zero-order chi connectivity index (χ0) is 14.9. The Kier molecular flexibility index (Phi) is 4.02. The minimum atomic E-state index is -0.524. The fraction of sp³-hybridized carbons (Fsp3) is 0.438. The first kappa shape index (κ1) is 14.6. The molecule has 2 aromatic rings. The summed E-state index contributed by atoms with van der Waals surface area (Å²) in [4.78, 5) is 0. The zero-order valence-corrected chi connectivity index (χ0v) is 12.8. The predicted octanol–water partition coefficient (Wildman–Crippen LogP) is 2.48. The highest BCUT2D eigenvalue weighted by Gasteiger charge is 2.38. The number of rotatable bonds is 6. The number of hydrogen-bond acceptors (Lipinski definition) is 3. The number of benzene rings is 1. The first-order valence-corrected chi connectivity index (χ1v) is 7.64. The predicted molar refractivity (Wildman–Crippen MR) is 83.3 cm³/mol. The molecule has 0 radical (unpaired) electrons. The van der Waals surface area contributed by atoms with Gasteiger partial charge < -0.3 is 10.4 Å². The molecule has 1 aromatic carbocycles. The Bertz CT molecular complexity index is 590. The Labute approximate surface area is 129 Å². The lowest BCUT2D eigenvalue weighted by molar-refractivity contribution is 0.135. The quantitative estimate of drug-likeness (QED) is 0.862. The van der Waals surface area contributed by atoms with Gasteiger partial charge in [0.1, 0.15) is 0 Å². The van der Waals surface area contributed by atoms with Gasteiger partial charge in [-0.25, -0.2) is 0 Å². The van der Waals surface area contributed by atoms with Crippen LogP contribution in [0.2, 0.25) is 5.02 Å². The van der Waals surface area contributed by atoms with Crippen molar-refractivity contribution in [2.24, 2.45) is 0 Å². The molecular formula is C16H20ClN3O. The number of nitrogens with one attached hydrogen (secondary N) is 1. The molecule has 1 aliphatic carbocycles. The topological polar surface area (TPSA) is 50.1 Å². The second-order valence-electron chi connectivity index (χ2n) is 5.78. The van der Waals surface area contributed by atoms with E-state index in [0.717, 1.165) is 24.1 Å². The Morgan fingerprint density at radius 2 is 2.10 bits per heavy atom. The average molecular weight is 306 g/mol. The van der Waals surface area contributed by atoms with E-state index < -0.39 is 5.54 Å². The van der Waals surface area contributed by atoms with E-state index >= 15 is 0 Å². The number of hydrogen-bond donors (Lipinski definition) is 2. The van der Waals surface area contributed by atoms with Crippen LogP contribution in [0, 0.1) is 6.92 Å². The van der Waals surface area contributed by atoms with Gasteiger partial charge in [0, 0.05) is 12.2 Å². The van der Waals surface area contributed by atoms with E-state index in [1.54, 1.807) is 0 Å². The maximum Gasteiger partial charge on any atom is 0.0869 e. The van der Waals surface area contributed by atoms with Crippen molar-refractivity contribution in [3.05, 3.63) is 52.8 Å². The fourth-order valence-corrected chi connectivity index (χ4v) is 2.78. The van der Waals surface area contributed by atoms with Gasteiger partial charge in [0.2, 0.25) is 0 Å². The van der Waals surface area contributed by atoms with E-state index in [2.05, 4.69) is 10.4 Å². The monoisotopic (exact) mass is 305 g/mol. The van der Waals surface area contributed by atoms with E-state index in [9.17, 15) is 5.11 Å². The van der Waals surface area contributed by atoms with Crippen LogP contribution < -0.4 is 5.32 Å². The van der Waals surface area contributed by atoms with Gasteiger partial charge in [0.15, 0.2) is 0 Å². The van der Waals surface area contributed by atoms with Gasteiger partial charge in [-0.2, -0.15) is 5.10 Å². The molecule has 5 heteroatoms. The van der Waals surface area contributed by atoms with Gasteiger partial charge in [-0.15, -0.1) is 0 Å². The molecule has 1 atom stereocenters. The maximum absolute atomic E-state index is 10.1. The van der Waals surface area contributed by atoms with Crippen LogP contribution in [-0.2, 0) is 12.1 Å². The SMILES string of the molecule is Cc1nn(CC(CO)(NC2CC2)c2ccccc2)cc1Cl. The highest BCUT2D eigenvalue weighted by Crippen LogP contribution is 2.30. The molecule has 1 aromatic heterocycles. The smallest absolute Gasteiger partial charge is 0.0869 e. The Hall–Kier alpha value is -1.36. The molecule has 0 aliphatic heterocycles.